The highest BCUT2D eigenvalue weighted by Gasteiger charge is 2.29. The Labute approximate surface area is 158 Å². The summed E-state index contributed by atoms with van der Waals surface area (Å²) in [7, 11) is 2.79. The number of anilines is 1. The Bertz CT molecular complexity index is 741. The molecule has 1 aliphatic rings. The molecular formula is C15H16ClN3O6S. The van der Waals surface area contributed by atoms with Crippen molar-refractivity contribution in [3.8, 4) is 11.5 Å². The van der Waals surface area contributed by atoms with Gasteiger partial charge in [-0.1, -0.05) is 23.4 Å². The molecule has 9 nitrogen and oxygen atoms in total. The summed E-state index contributed by atoms with van der Waals surface area (Å²) < 4.78 is 10.2. The number of halogens is 1. The van der Waals surface area contributed by atoms with Gasteiger partial charge in [0.1, 0.15) is 11.5 Å². The van der Waals surface area contributed by atoms with Gasteiger partial charge < -0.3 is 20.1 Å². The summed E-state index contributed by atoms with van der Waals surface area (Å²) in [5.74, 6) is -1.55. The fraction of sp³-hybridized carbons (Fsp3) is 0.333. The number of imide groups is 1. The van der Waals surface area contributed by atoms with Crippen LogP contribution in [0.2, 0.25) is 5.02 Å². The first-order valence-electron chi connectivity index (χ1n) is 7.35. The van der Waals surface area contributed by atoms with E-state index in [0.29, 0.717) is 5.75 Å². The minimum absolute atomic E-state index is 0.00176. The lowest BCUT2D eigenvalue weighted by Crippen LogP contribution is -2.41. The molecule has 1 aromatic rings. The number of hydrogen-bond acceptors (Lipinski definition) is 7. The molecule has 0 aliphatic carbocycles. The Kier molecular flexibility index (Phi) is 6.70. The topological polar surface area (TPSA) is 114 Å². The van der Waals surface area contributed by atoms with Crippen molar-refractivity contribution < 1.29 is 28.7 Å². The zero-order valence-corrected chi connectivity index (χ0v) is 15.5. The van der Waals surface area contributed by atoms with Crippen LogP contribution in [0.4, 0.5) is 10.5 Å². The third-order valence-electron chi connectivity index (χ3n) is 3.39. The molecule has 1 aliphatic heterocycles. The first-order chi connectivity index (χ1) is 12.4. The van der Waals surface area contributed by atoms with Crippen LogP contribution in [-0.2, 0) is 14.4 Å². The zero-order valence-electron chi connectivity index (χ0n) is 14.0. The summed E-state index contributed by atoms with van der Waals surface area (Å²) in [4.78, 5) is 47.8. The maximum Gasteiger partial charge on any atom is 0.313 e. The van der Waals surface area contributed by atoms with E-state index in [0.717, 1.165) is 16.7 Å². The average Bonchev–Trinajstić information content (AvgIpc) is 2.94. The highest BCUT2D eigenvalue weighted by atomic mass is 35.5. The SMILES string of the molecule is COc1cc(NC(=O)C(=O)NCCN2C(=O)CSC2=O)c(OC)cc1Cl. The normalized spacial score (nSPS) is 13.6. The summed E-state index contributed by atoms with van der Waals surface area (Å²) >= 11 is 6.87. The van der Waals surface area contributed by atoms with Gasteiger partial charge in [-0.15, -0.1) is 0 Å². The van der Waals surface area contributed by atoms with E-state index in [1.807, 2.05) is 0 Å². The third kappa shape index (κ3) is 4.58. The lowest BCUT2D eigenvalue weighted by atomic mass is 10.2. The van der Waals surface area contributed by atoms with Crippen LogP contribution in [0.1, 0.15) is 0 Å². The van der Waals surface area contributed by atoms with E-state index in [1.165, 1.54) is 26.4 Å². The Morgan fingerprint density at radius 3 is 2.46 bits per heavy atom. The summed E-state index contributed by atoms with van der Waals surface area (Å²) in [5.41, 5.74) is 0.204. The van der Waals surface area contributed by atoms with E-state index in [9.17, 15) is 19.2 Å². The minimum Gasteiger partial charge on any atom is -0.495 e. The second-order valence-corrected chi connectivity index (χ2v) is 6.33. The van der Waals surface area contributed by atoms with Gasteiger partial charge >= 0.3 is 11.8 Å². The van der Waals surface area contributed by atoms with Gasteiger partial charge in [0.05, 0.1) is 30.7 Å². The number of methoxy groups -OCH3 is 2. The molecule has 0 unspecified atom stereocenters. The number of amides is 4. The zero-order chi connectivity index (χ0) is 19.3. The van der Waals surface area contributed by atoms with Gasteiger partial charge in [0.25, 0.3) is 5.24 Å². The van der Waals surface area contributed by atoms with Crippen LogP contribution in [0.15, 0.2) is 12.1 Å². The number of nitrogens with one attached hydrogen (secondary N) is 2. The highest BCUT2D eigenvalue weighted by molar-refractivity contribution is 8.14. The summed E-state index contributed by atoms with van der Waals surface area (Å²) in [6.45, 7) is -0.0346. The molecule has 1 aromatic carbocycles. The Hall–Kier alpha value is -2.46. The molecule has 26 heavy (non-hydrogen) atoms. The van der Waals surface area contributed by atoms with Crippen LogP contribution >= 0.6 is 23.4 Å². The fourth-order valence-corrected chi connectivity index (χ4v) is 3.08. The first kappa shape index (κ1) is 19.9. The fourth-order valence-electron chi connectivity index (χ4n) is 2.10. The van der Waals surface area contributed by atoms with Crippen molar-refractivity contribution in [1.82, 2.24) is 10.2 Å². The van der Waals surface area contributed by atoms with Crippen LogP contribution in [0.25, 0.3) is 0 Å². The van der Waals surface area contributed by atoms with Gasteiger partial charge in [0, 0.05) is 25.2 Å². The van der Waals surface area contributed by atoms with Crippen molar-refractivity contribution in [2.45, 2.75) is 0 Å². The highest BCUT2D eigenvalue weighted by Crippen LogP contribution is 2.35. The van der Waals surface area contributed by atoms with Gasteiger partial charge in [-0.3, -0.25) is 24.1 Å². The van der Waals surface area contributed by atoms with Crippen LogP contribution in [0.5, 0.6) is 11.5 Å². The van der Waals surface area contributed by atoms with E-state index >= 15 is 0 Å². The lowest BCUT2D eigenvalue weighted by molar-refractivity contribution is -0.136. The lowest BCUT2D eigenvalue weighted by Gasteiger charge is -2.14. The predicted octanol–water partition coefficient (Wildman–Crippen LogP) is 1.11. The second-order valence-electron chi connectivity index (χ2n) is 5.00. The molecule has 4 amide bonds. The van der Waals surface area contributed by atoms with Gasteiger partial charge in [-0.05, 0) is 0 Å². The molecule has 1 heterocycles. The molecule has 2 N–H and O–H groups in total. The maximum atomic E-state index is 12.0. The molecule has 140 valence electrons. The van der Waals surface area contributed by atoms with E-state index in [1.54, 1.807) is 0 Å². The number of benzene rings is 1. The van der Waals surface area contributed by atoms with Gasteiger partial charge in [-0.25, -0.2) is 0 Å². The van der Waals surface area contributed by atoms with Crippen molar-refractivity contribution in [1.29, 1.82) is 0 Å². The Morgan fingerprint density at radius 2 is 1.88 bits per heavy atom. The summed E-state index contributed by atoms with van der Waals surface area (Å²) in [6, 6.07) is 2.86. The van der Waals surface area contributed by atoms with Crippen molar-refractivity contribution in [2.75, 3.05) is 38.4 Å². The standard InChI is InChI=1S/C15H16ClN3O6S/c1-24-10-6-9(11(25-2)5-8(10)16)18-14(22)13(21)17-3-4-19-12(20)7-26-15(19)23/h5-6H,3-4,7H2,1-2H3,(H,17,21)(H,18,22). The number of carbonyl (C=O) groups excluding carboxylic acids is 4. The number of carbonyl (C=O) groups is 4. The van der Waals surface area contributed by atoms with Crippen LogP contribution in [-0.4, -0.2) is 60.9 Å². The number of rotatable bonds is 6. The first-order valence-corrected chi connectivity index (χ1v) is 8.71. The van der Waals surface area contributed by atoms with Gasteiger partial charge in [0.2, 0.25) is 5.91 Å². The van der Waals surface area contributed by atoms with Crippen LogP contribution in [0.3, 0.4) is 0 Å². The molecular weight excluding hydrogens is 386 g/mol. The monoisotopic (exact) mass is 401 g/mol. The molecule has 2 rings (SSSR count). The van der Waals surface area contributed by atoms with E-state index in [-0.39, 0.29) is 46.4 Å². The van der Waals surface area contributed by atoms with Gasteiger partial charge in [0.15, 0.2) is 0 Å². The van der Waals surface area contributed by atoms with Crippen LogP contribution in [0, 0.1) is 0 Å². The number of thioether (sulfide) groups is 1. The molecule has 0 saturated carbocycles. The van der Waals surface area contributed by atoms with Crippen molar-refractivity contribution in [3.05, 3.63) is 17.2 Å². The molecule has 1 fully saturated rings. The Balaban J connectivity index is 1.93. The molecule has 0 spiro atoms. The number of hydrogen-bond donors (Lipinski definition) is 2. The largest absolute Gasteiger partial charge is 0.495 e. The average molecular weight is 402 g/mol. The Morgan fingerprint density at radius 1 is 1.19 bits per heavy atom. The molecule has 0 radical (unpaired) electrons. The van der Waals surface area contributed by atoms with Crippen molar-refractivity contribution >= 4 is 52.0 Å². The second kappa shape index (κ2) is 8.77. The molecule has 0 bridgehead atoms. The van der Waals surface area contributed by atoms with E-state index in [4.69, 9.17) is 21.1 Å². The quantitative estimate of drug-likeness (QED) is 0.686. The predicted molar refractivity (Wildman–Crippen MR) is 95.8 cm³/mol. The summed E-state index contributed by atoms with van der Waals surface area (Å²) in [6.07, 6.45) is 0. The molecule has 0 atom stereocenters. The maximum absolute atomic E-state index is 12.0. The summed E-state index contributed by atoms with van der Waals surface area (Å²) in [5, 5.41) is 4.65. The van der Waals surface area contributed by atoms with E-state index in [2.05, 4.69) is 10.6 Å². The van der Waals surface area contributed by atoms with Gasteiger partial charge in [-0.2, -0.15) is 0 Å². The molecule has 11 heteroatoms. The number of ether oxygens (including phenoxy) is 2. The molecule has 0 aromatic heterocycles. The molecule has 1 saturated heterocycles. The smallest absolute Gasteiger partial charge is 0.313 e. The van der Waals surface area contributed by atoms with Crippen molar-refractivity contribution in [2.24, 2.45) is 0 Å². The van der Waals surface area contributed by atoms with E-state index < -0.39 is 11.8 Å². The number of nitrogens with zero attached hydrogens (tertiary/aromatic N) is 1. The van der Waals surface area contributed by atoms with Crippen molar-refractivity contribution in [3.63, 3.8) is 0 Å². The third-order valence-corrected chi connectivity index (χ3v) is 4.54. The minimum atomic E-state index is -0.943. The van der Waals surface area contributed by atoms with Crippen LogP contribution < -0.4 is 20.1 Å².